The summed E-state index contributed by atoms with van der Waals surface area (Å²) in [6, 6.07) is 17.1. The third-order valence-electron chi connectivity index (χ3n) is 5.72. The third-order valence-corrected chi connectivity index (χ3v) is 8.23. The minimum atomic E-state index is -3.85. The summed E-state index contributed by atoms with van der Waals surface area (Å²) in [6.45, 7) is 5.52. The Hall–Kier alpha value is -3.07. The number of benzene rings is 3. The molecule has 0 spiro atoms. The van der Waals surface area contributed by atoms with E-state index in [-0.39, 0.29) is 17.0 Å². The minimum absolute atomic E-state index is 0.00857. The Labute approximate surface area is 197 Å². The molecule has 0 fully saturated rings. The molecule has 3 aromatic carbocycles. The molecule has 0 aliphatic heterocycles. The van der Waals surface area contributed by atoms with E-state index < -0.39 is 16.0 Å². The number of thiazole rings is 1. The molecule has 0 atom stereocenters. The predicted molar refractivity (Wildman–Crippen MR) is 132 cm³/mol. The Kier molecular flexibility index (Phi) is 6.34. The SMILES string of the molecule is Cc1cc(S(=O)(=O)NCCc2nc(-c3ccc4ccccc4c3)sc2C)cc(C(=O)O)c1C. The van der Waals surface area contributed by atoms with Gasteiger partial charge in [-0.15, -0.1) is 11.3 Å². The zero-order valence-electron chi connectivity index (χ0n) is 18.5. The second-order valence-corrected chi connectivity index (χ2v) is 10.9. The zero-order valence-corrected chi connectivity index (χ0v) is 20.2. The van der Waals surface area contributed by atoms with E-state index in [1.165, 1.54) is 17.5 Å². The number of carboxylic acids is 1. The average molecular weight is 481 g/mol. The van der Waals surface area contributed by atoms with Crippen LogP contribution >= 0.6 is 11.3 Å². The van der Waals surface area contributed by atoms with Gasteiger partial charge in [-0.25, -0.2) is 22.9 Å². The van der Waals surface area contributed by atoms with E-state index in [9.17, 15) is 18.3 Å². The van der Waals surface area contributed by atoms with Gasteiger partial charge in [0.05, 0.1) is 16.2 Å². The highest BCUT2D eigenvalue weighted by molar-refractivity contribution is 7.89. The standard InChI is InChI=1S/C25H24N2O4S2/c1-15-12-21(14-22(16(15)2)25(28)29)33(30,31)26-11-10-23-17(3)32-24(27-23)20-9-8-18-6-4-5-7-19(18)13-20/h4-9,12-14,26H,10-11H2,1-3H3,(H,28,29). The molecule has 170 valence electrons. The molecule has 0 aliphatic carbocycles. The summed E-state index contributed by atoms with van der Waals surface area (Å²) in [5.41, 5.74) is 3.04. The van der Waals surface area contributed by atoms with Crippen molar-refractivity contribution in [3.8, 4) is 10.6 Å². The van der Waals surface area contributed by atoms with Crippen LogP contribution in [0, 0.1) is 20.8 Å². The van der Waals surface area contributed by atoms with Crippen molar-refractivity contribution in [1.82, 2.24) is 9.71 Å². The molecule has 0 radical (unpaired) electrons. The maximum atomic E-state index is 12.8. The highest BCUT2D eigenvalue weighted by Crippen LogP contribution is 2.30. The Morgan fingerprint density at radius 3 is 2.48 bits per heavy atom. The lowest BCUT2D eigenvalue weighted by Crippen LogP contribution is -2.26. The number of nitrogens with zero attached hydrogens (tertiary/aromatic N) is 1. The Bertz CT molecular complexity index is 1470. The monoisotopic (exact) mass is 480 g/mol. The van der Waals surface area contributed by atoms with E-state index in [1.807, 2.05) is 25.1 Å². The van der Waals surface area contributed by atoms with Crippen LogP contribution in [-0.4, -0.2) is 31.0 Å². The van der Waals surface area contributed by atoms with Gasteiger partial charge in [0, 0.05) is 23.4 Å². The number of carbonyl (C=O) groups is 1. The molecule has 0 saturated heterocycles. The van der Waals surface area contributed by atoms with Gasteiger partial charge in [-0.1, -0.05) is 36.4 Å². The molecule has 4 rings (SSSR count). The predicted octanol–water partition coefficient (Wildman–Crippen LogP) is 5.11. The van der Waals surface area contributed by atoms with E-state index in [4.69, 9.17) is 4.98 Å². The van der Waals surface area contributed by atoms with Crippen molar-refractivity contribution in [3.63, 3.8) is 0 Å². The summed E-state index contributed by atoms with van der Waals surface area (Å²) in [6.07, 6.45) is 0.436. The number of carboxylic acid groups (broad SMARTS) is 1. The Morgan fingerprint density at radius 2 is 1.76 bits per heavy atom. The smallest absolute Gasteiger partial charge is 0.336 e. The van der Waals surface area contributed by atoms with Crippen LogP contribution in [0.2, 0.25) is 0 Å². The summed E-state index contributed by atoms with van der Waals surface area (Å²) in [7, 11) is -3.85. The van der Waals surface area contributed by atoms with Crippen molar-refractivity contribution in [2.24, 2.45) is 0 Å². The molecule has 0 saturated carbocycles. The van der Waals surface area contributed by atoms with Crippen LogP contribution in [0.25, 0.3) is 21.3 Å². The van der Waals surface area contributed by atoms with Gasteiger partial charge in [0.1, 0.15) is 5.01 Å². The number of aromatic carboxylic acids is 1. The molecule has 1 heterocycles. The molecular formula is C25H24N2O4S2. The fraction of sp³-hybridized carbons (Fsp3) is 0.200. The normalized spacial score (nSPS) is 11.7. The molecule has 0 aliphatic rings. The molecule has 2 N–H and O–H groups in total. The minimum Gasteiger partial charge on any atom is -0.478 e. The van der Waals surface area contributed by atoms with E-state index >= 15 is 0 Å². The van der Waals surface area contributed by atoms with Gasteiger partial charge in [-0.05, 0) is 60.9 Å². The van der Waals surface area contributed by atoms with Gasteiger partial charge in [-0.2, -0.15) is 0 Å². The number of hydrogen-bond acceptors (Lipinski definition) is 5. The molecular weight excluding hydrogens is 456 g/mol. The van der Waals surface area contributed by atoms with Crippen molar-refractivity contribution in [3.05, 3.63) is 81.9 Å². The number of fused-ring (bicyclic) bond motifs is 1. The van der Waals surface area contributed by atoms with Crippen molar-refractivity contribution >= 4 is 38.1 Å². The molecule has 1 aromatic heterocycles. The van der Waals surface area contributed by atoms with Crippen molar-refractivity contribution < 1.29 is 18.3 Å². The Morgan fingerprint density at radius 1 is 1.03 bits per heavy atom. The average Bonchev–Trinajstić information content (AvgIpc) is 3.15. The largest absolute Gasteiger partial charge is 0.478 e. The van der Waals surface area contributed by atoms with E-state index in [0.717, 1.165) is 26.5 Å². The van der Waals surface area contributed by atoms with Crippen LogP contribution < -0.4 is 4.72 Å². The maximum Gasteiger partial charge on any atom is 0.336 e. The van der Waals surface area contributed by atoms with E-state index in [0.29, 0.717) is 17.5 Å². The van der Waals surface area contributed by atoms with Crippen LogP contribution in [0.5, 0.6) is 0 Å². The second-order valence-electron chi connectivity index (χ2n) is 7.95. The first kappa shape index (κ1) is 23.1. The Balaban J connectivity index is 1.50. The second kappa shape index (κ2) is 9.05. The number of rotatable bonds is 7. The van der Waals surface area contributed by atoms with Crippen LogP contribution in [0.3, 0.4) is 0 Å². The van der Waals surface area contributed by atoms with Crippen molar-refractivity contribution in [1.29, 1.82) is 0 Å². The summed E-state index contributed by atoms with van der Waals surface area (Å²) in [5.74, 6) is -1.15. The fourth-order valence-electron chi connectivity index (χ4n) is 3.70. The van der Waals surface area contributed by atoms with Gasteiger partial charge in [0.15, 0.2) is 0 Å². The van der Waals surface area contributed by atoms with Gasteiger partial charge in [0.25, 0.3) is 0 Å². The molecule has 33 heavy (non-hydrogen) atoms. The summed E-state index contributed by atoms with van der Waals surface area (Å²) < 4.78 is 28.1. The molecule has 0 bridgehead atoms. The van der Waals surface area contributed by atoms with Gasteiger partial charge < -0.3 is 5.11 Å². The highest BCUT2D eigenvalue weighted by atomic mass is 32.2. The van der Waals surface area contributed by atoms with Crippen LogP contribution in [0.15, 0.2) is 59.5 Å². The first-order chi connectivity index (χ1) is 15.7. The number of nitrogens with one attached hydrogen (secondary N) is 1. The number of aromatic nitrogens is 1. The molecule has 4 aromatic rings. The van der Waals surface area contributed by atoms with Crippen molar-refractivity contribution in [2.45, 2.75) is 32.1 Å². The fourth-order valence-corrected chi connectivity index (χ4v) is 5.80. The van der Waals surface area contributed by atoms with Gasteiger partial charge in [0.2, 0.25) is 10.0 Å². The lowest BCUT2D eigenvalue weighted by atomic mass is 10.0. The molecule has 6 nitrogen and oxygen atoms in total. The maximum absolute atomic E-state index is 12.8. The third kappa shape index (κ3) is 4.83. The van der Waals surface area contributed by atoms with Gasteiger partial charge >= 0.3 is 5.97 Å². The van der Waals surface area contributed by atoms with Crippen LogP contribution in [0.4, 0.5) is 0 Å². The van der Waals surface area contributed by atoms with Crippen LogP contribution in [-0.2, 0) is 16.4 Å². The summed E-state index contributed by atoms with van der Waals surface area (Å²) in [4.78, 5) is 17.2. The van der Waals surface area contributed by atoms with E-state index in [2.05, 4.69) is 29.0 Å². The van der Waals surface area contributed by atoms with E-state index in [1.54, 1.807) is 25.2 Å². The number of aryl methyl sites for hydroxylation is 2. The van der Waals surface area contributed by atoms with Crippen molar-refractivity contribution in [2.75, 3.05) is 6.54 Å². The zero-order chi connectivity index (χ0) is 23.8. The quantitative estimate of drug-likeness (QED) is 0.383. The number of sulfonamides is 1. The first-order valence-electron chi connectivity index (χ1n) is 10.5. The summed E-state index contributed by atoms with van der Waals surface area (Å²) in [5, 5.41) is 12.6. The van der Waals surface area contributed by atoms with Gasteiger partial charge in [-0.3, -0.25) is 0 Å². The molecule has 8 heteroatoms. The lowest BCUT2D eigenvalue weighted by Gasteiger charge is -2.11. The number of hydrogen-bond donors (Lipinski definition) is 2. The molecule has 0 unspecified atom stereocenters. The topological polar surface area (TPSA) is 96.4 Å². The molecule has 0 amide bonds. The first-order valence-corrected chi connectivity index (χ1v) is 12.8. The highest BCUT2D eigenvalue weighted by Gasteiger charge is 2.20. The van der Waals surface area contributed by atoms with Crippen LogP contribution in [0.1, 0.15) is 32.1 Å². The lowest BCUT2D eigenvalue weighted by molar-refractivity contribution is 0.0695. The summed E-state index contributed by atoms with van der Waals surface area (Å²) >= 11 is 1.59.